The normalized spacial score (nSPS) is 13.3. The Morgan fingerprint density at radius 1 is 1.31 bits per heavy atom. The second-order valence-corrected chi connectivity index (χ2v) is 3.61. The molecular weight excluding hydrogens is 164 g/mol. The number of nitrogens with two attached hydrogens (primary N) is 1. The van der Waals surface area contributed by atoms with E-state index in [4.69, 9.17) is 16.3 Å². The van der Waals surface area contributed by atoms with E-state index in [1.807, 2.05) is 20.8 Å². The van der Waals surface area contributed by atoms with Crippen molar-refractivity contribution in [3.05, 3.63) is 11.4 Å². The number of nitrogens with zero attached hydrogens (tertiary/aromatic N) is 3. The van der Waals surface area contributed by atoms with Crippen LogP contribution in [0.1, 0.15) is 20.8 Å². The summed E-state index contributed by atoms with van der Waals surface area (Å²) in [7, 11) is 0. The van der Waals surface area contributed by atoms with Crippen LogP contribution in [0.2, 0.25) is 0 Å². The molecule has 0 heterocycles. The highest BCUT2D eigenvalue weighted by Crippen LogP contribution is 2.10. The monoisotopic (exact) mass is 176 g/mol. The summed E-state index contributed by atoms with van der Waals surface area (Å²) in [6, 6.07) is 3.43. The van der Waals surface area contributed by atoms with E-state index in [0.717, 1.165) is 0 Å². The van der Waals surface area contributed by atoms with E-state index >= 15 is 0 Å². The lowest BCUT2D eigenvalue weighted by atomic mass is 9.99. The molecule has 0 radical (unpaired) electrons. The molecule has 0 saturated carbocycles. The van der Waals surface area contributed by atoms with Crippen molar-refractivity contribution >= 4 is 6.21 Å². The first-order valence-electron chi connectivity index (χ1n) is 3.76. The Hall–Kier alpha value is -1.81. The van der Waals surface area contributed by atoms with Gasteiger partial charge in [-0.1, -0.05) is 20.8 Å². The van der Waals surface area contributed by atoms with E-state index in [0.29, 0.717) is 0 Å². The van der Waals surface area contributed by atoms with Crippen LogP contribution < -0.4 is 5.73 Å². The molecule has 0 aliphatic carbocycles. The third-order valence-electron chi connectivity index (χ3n) is 1.06. The van der Waals surface area contributed by atoms with Gasteiger partial charge < -0.3 is 5.73 Å². The van der Waals surface area contributed by atoms with Gasteiger partial charge in [0.1, 0.15) is 17.8 Å². The van der Waals surface area contributed by atoms with Crippen LogP contribution in [0.15, 0.2) is 16.4 Å². The first kappa shape index (κ1) is 11.2. The van der Waals surface area contributed by atoms with E-state index in [2.05, 4.69) is 4.99 Å². The molecule has 2 N–H and O–H groups in total. The highest BCUT2D eigenvalue weighted by Gasteiger charge is 2.06. The van der Waals surface area contributed by atoms with Gasteiger partial charge in [-0.25, -0.2) is 4.99 Å². The van der Waals surface area contributed by atoms with Crippen molar-refractivity contribution in [1.82, 2.24) is 0 Å². The molecule has 0 aromatic carbocycles. The summed E-state index contributed by atoms with van der Waals surface area (Å²) >= 11 is 0. The fourth-order valence-electron chi connectivity index (χ4n) is 0.470. The van der Waals surface area contributed by atoms with Crippen molar-refractivity contribution in [1.29, 1.82) is 10.5 Å². The average Bonchev–Trinajstić information content (AvgIpc) is 2.03. The number of rotatable bonds is 1. The minimum Gasteiger partial charge on any atom is -0.388 e. The molecule has 0 aromatic rings. The van der Waals surface area contributed by atoms with Crippen molar-refractivity contribution < 1.29 is 0 Å². The van der Waals surface area contributed by atoms with Gasteiger partial charge >= 0.3 is 0 Å². The maximum Gasteiger partial charge on any atom is 0.174 e. The Bertz CT molecular complexity index is 317. The van der Waals surface area contributed by atoms with Crippen LogP contribution in [-0.4, -0.2) is 6.21 Å². The first-order chi connectivity index (χ1) is 5.90. The van der Waals surface area contributed by atoms with Crippen LogP contribution in [0.5, 0.6) is 0 Å². The van der Waals surface area contributed by atoms with E-state index in [1.165, 1.54) is 0 Å². The van der Waals surface area contributed by atoms with Gasteiger partial charge in [0.25, 0.3) is 0 Å². The first-order valence-corrected chi connectivity index (χ1v) is 3.76. The number of hydrogen-bond donors (Lipinski definition) is 1. The van der Waals surface area contributed by atoms with Gasteiger partial charge in [0.15, 0.2) is 5.70 Å². The van der Waals surface area contributed by atoms with Gasteiger partial charge in [0.2, 0.25) is 0 Å². The number of allylic oxidation sites excluding steroid dienone is 2. The molecule has 0 unspecified atom stereocenters. The van der Waals surface area contributed by atoms with Gasteiger partial charge in [-0.2, -0.15) is 10.5 Å². The molecule has 0 bridgehead atoms. The summed E-state index contributed by atoms with van der Waals surface area (Å²) < 4.78 is 0. The summed E-state index contributed by atoms with van der Waals surface area (Å²) in [4.78, 5) is 3.83. The quantitative estimate of drug-likeness (QED) is 0.483. The fraction of sp³-hybridized carbons (Fsp3) is 0.444. The number of hydrogen-bond acceptors (Lipinski definition) is 4. The minimum absolute atomic E-state index is 0.0302. The third kappa shape index (κ3) is 4.60. The second-order valence-electron chi connectivity index (χ2n) is 3.61. The number of nitriles is 2. The Morgan fingerprint density at radius 3 is 2.15 bits per heavy atom. The van der Waals surface area contributed by atoms with Crippen LogP contribution >= 0.6 is 0 Å². The second kappa shape index (κ2) is 4.27. The van der Waals surface area contributed by atoms with Gasteiger partial charge in [-0.3, -0.25) is 0 Å². The zero-order chi connectivity index (χ0) is 10.5. The van der Waals surface area contributed by atoms with Crippen molar-refractivity contribution in [3.63, 3.8) is 0 Å². The predicted molar refractivity (Wildman–Crippen MR) is 50.4 cm³/mol. The molecule has 13 heavy (non-hydrogen) atoms. The molecule has 0 aliphatic rings. The van der Waals surface area contributed by atoms with Crippen molar-refractivity contribution in [3.8, 4) is 12.1 Å². The Labute approximate surface area is 78.0 Å². The summed E-state index contributed by atoms with van der Waals surface area (Å²) in [5.41, 5.74) is 4.93. The molecule has 4 nitrogen and oxygen atoms in total. The van der Waals surface area contributed by atoms with Gasteiger partial charge in [-0.15, -0.1) is 0 Å². The molecule has 0 rings (SSSR count). The van der Waals surface area contributed by atoms with E-state index < -0.39 is 0 Å². The lowest BCUT2D eigenvalue weighted by Gasteiger charge is -2.09. The van der Waals surface area contributed by atoms with E-state index in [1.54, 1.807) is 18.4 Å². The van der Waals surface area contributed by atoms with Gasteiger partial charge in [-0.05, 0) is 5.41 Å². The van der Waals surface area contributed by atoms with Crippen LogP contribution in [0.25, 0.3) is 0 Å². The molecule has 68 valence electrons. The maximum absolute atomic E-state index is 8.57. The predicted octanol–water partition coefficient (Wildman–Crippen LogP) is 1.32. The molecule has 4 heteroatoms. The average molecular weight is 176 g/mol. The molecule has 0 aliphatic heterocycles. The lowest BCUT2D eigenvalue weighted by molar-refractivity contribution is 0.606. The summed E-state index contributed by atoms with van der Waals surface area (Å²) in [6.07, 6.45) is 1.59. The van der Waals surface area contributed by atoms with Crippen molar-refractivity contribution in [2.24, 2.45) is 16.1 Å². The fourth-order valence-corrected chi connectivity index (χ4v) is 0.470. The minimum atomic E-state index is -0.150. The molecule has 0 spiro atoms. The largest absolute Gasteiger partial charge is 0.388 e. The Kier molecular flexibility index (Phi) is 3.68. The zero-order valence-corrected chi connectivity index (χ0v) is 8.00. The zero-order valence-electron chi connectivity index (χ0n) is 8.00. The van der Waals surface area contributed by atoms with Crippen LogP contribution in [0, 0.1) is 28.1 Å². The van der Waals surface area contributed by atoms with E-state index in [9.17, 15) is 0 Å². The van der Waals surface area contributed by atoms with Crippen LogP contribution in [-0.2, 0) is 0 Å². The Morgan fingerprint density at radius 2 is 1.85 bits per heavy atom. The van der Waals surface area contributed by atoms with E-state index in [-0.39, 0.29) is 16.8 Å². The lowest BCUT2D eigenvalue weighted by Crippen LogP contribution is -2.07. The van der Waals surface area contributed by atoms with Crippen LogP contribution in [0.4, 0.5) is 0 Å². The Balaban J connectivity index is 4.83. The third-order valence-corrected chi connectivity index (χ3v) is 1.06. The maximum atomic E-state index is 8.57. The standard InChI is InChI=1S/C9H12N4/c1-9(2,3)6-13-8(5-11)7(12)4-10/h6H,12H2,1-3H3/b8-7-,13-6?. The van der Waals surface area contributed by atoms with Gasteiger partial charge in [0, 0.05) is 6.21 Å². The molecule has 0 amide bonds. The molecule has 0 fully saturated rings. The van der Waals surface area contributed by atoms with Gasteiger partial charge in [0.05, 0.1) is 0 Å². The molecule has 0 atom stereocenters. The smallest absolute Gasteiger partial charge is 0.174 e. The highest BCUT2D eigenvalue weighted by molar-refractivity contribution is 5.66. The summed E-state index contributed by atoms with van der Waals surface area (Å²) in [5.74, 6) is 0. The topological polar surface area (TPSA) is 86.0 Å². The highest BCUT2D eigenvalue weighted by atomic mass is 14.8. The number of aliphatic imine (C=N–C) groups is 1. The van der Waals surface area contributed by atoms with Crippen LogP contribution in [0.3, 0.4) is 0 Å². The molecule has 0 saturated heterocycles. The molecular formula is C9H12N4. The van der Waals surface area contributed by atoms with Crippen molar-refractivity contribution in [2.75, 3.05) is 0 Å². The summed E-state index contributed by atoms with van der Waals surface area (Å²) in [5, 5.41) is 17.0. The summed E-state index contributed by atoms with van der Waals surface area (Å²) in [6.45, 7) is 5.82. The molecule has 0 aromatic heterocycles. The van der Waals surface area contributed by atoms with Crippen molar-refractivity contribution in [2.45, 2.75) is 20.8 Å². The SMILES string of the molecule is CC(C)(C)C=N/C(C#N)=C(\N)C#N.